The molecule has 0 aliphatic rings. The molecular formula is C24H53NO3S. The van der Waals surface area contributed by atoms with Gasteiger partial charge in [0, 0.05) is 5.75 Å². The molecule has 0 saturated carbocycles. The average molecular weight is 436 g/mol. The molecule has 0 aromatic carbocycles. The summed E-state index contributed by atoms with van der Waals surface area (Å²) in [5.74, 6) is -0.243. The Morgan fingerprint density at radius 2 is 0.862 bits per heavy atom. The lowest BCUT2D eigenvalue weighted by atomic mass is 10.0. The Bertz CT molecular complexity index is 416. The van der Waals surface area contributed by atoms with E-state index in [1.807, 2.05) is 0 Å². The summed E-state index contributed by atoms with van der Waals surface area (Å²) in [5, 5.41) is 0. The van der Waals surface area contributed by atoms with Gasteiger partial charge in [0.15, 0.2) is 0 Å². The minimum atomic E-state index is -3.92. The van der Waals surface area contributed by atoms with Crippen LogP contribution in [0, 0.1) is 0 Å². The molecule has 0 saturated heterocycles. The Morgan fingerprint density at radius 3 is 1.07 bits per heavy atom. The molecule has 0 aliphatic heterocycles. The lowest BCUT2D eigenvalue weighted by Gasteiger charge is -2.23. The Labute approximate surface area is 184 Å². The highest BCUT2D eigenvalue weighted by atomic mass is 32.2. The van der Waals surface area contributed by atoms with E-state index in [0.717, 1.165) is 4.48 Å². The van der Waals surface area contributed by atoms with E-state index in [0.29, 0.717) is 6.42 Å². The summed E-state index contributed by atoms with van der Waals surface area (Å²) in [5.41, 5.74) is 0. The van der Waals surface area contributed by atoms with Gasteiger partial charge in [0.25, 0.3) is 0 Å². The van der Waals surface area contributed by atoms with Crippen LogP contribution in [0.3, 0.4) is 0 Å². The van der Waals surface area contributed by atoms with Crippen molar-refractivity contribution < 1.29 is 17.5 Å². The summed E-state index contributed by atoms with van der Waals surface area (Å²) in [6.45, 7) is 5.28. The van der Waals surface area contributed by atoms with Crippen molar-refractivity contribution in [3.05, 3.63) is 0 Å². The smallest absolute Gasteiger partial charge is 0.0945 e. The van der Waals surface area contributed by atoms with E-state index in [-0.39, 0.29) is 5.75 Å². The van der Waals surface area contributed by atoms with Crippen molar-refractivity contribution in [1.82, 2.24) is 0 Å². The molecule has 0 N–H and O–H groups in total. The SMILES string of the molecule is CCCCCCCCCCCCCCCCCC[N+](C)(C)C.CCCS(=O)(=O)[O-]. The van der Waals surface area contributed by atoms with Crippen LogP contribution >= 0.6 is 0 Å². The van der Waals surface area contributed by atoms with Crippen LogP contribution in [0.1, 0.15) is 123 Å². The predicted molar refractivity (Wildman–Crippen MR) is 127 cm³/mol. The van der Waals surface area contributed by atoms with Gasteiger partial charge in [-0.1, -0.05) is 104 Å². The first-order valence-electron chi connectivity index (χ1n) is 12.4. The van der Waals surface area contributed by atoms with Gasteiger partial charge in [0.2, 0.25) is 0 Å². The highest BCUT2D eigenvalue weighted by Crippen LogP contribution is 2.13. The van der Waals surface area contributed by atoms with Crippen LogP contribution < -0.4 is 0 Å². The molecule has 0 unspecified atom stereocenters. The highest BCUT2D eigenvalue weighted by Gasteiger charge is 2.04. The van der Waals surface area contributed by atoms with Gasteiger partial charge in [0.05, 0.1) is 37.8 Å². The molecule has 0 aromatic heterocycles. The van der Waals surface area contributed by atoms with Crippen molar-refractivity contribution in [3.63, 3.8) is 0 Å². The second-order valence-electron chi connectivity index (χ2n) is 9.58. The summed E-state index contributed by atoms with van der Waals surface area (Å²) >= 11 is 0. The molecule has 0 atom stereocenters. The molecule has 0 aromatic rings. The van der Waals surface area contributed by atoms with E-state index in [1.165, 1.54) is 109 Å². The van der Waals surface area contributed by atoms with Crippen molar-refractivity contribution >= 4 is 10.1 Å². The number of nitrogens with zero attached hydrogens (tertiary/aromatic N) is 1. The van der Waals surface area contributed by atoms with Crippen molar-refractivity contribution in [1.29, 1.82) is 0 Å². The largest absolute Gasteiger partial charge is 0.748 e. The topological polar surface area (TPSA) is 57.2 Å². The maximum atomic E-state index is 9.68. The lowest BCUT2D eigenvalue weighted by molar-refractivity contribution is -0.870. The monoisotopic (exact) mass is 435 g/mol. The lowest BCUT2D eigenvalue weighted by Crippen LogP contribution is -2.35. The standard InChI is InChI=1S/C21H46N.C3H8O3S/c1-5-6-7-8-9-10-11-12-13-14-15-16-17-18-19-20-21-22(2,3)4;1-2-3-7(4,5)6/h5-21H2,1-4H3;2-3H2,1H3,(H,4,5,6)/q+1;/p-1. The predicted octanol–water partition coefficient (Wildman–Crippen LogP) is 6.90. The third-order valence-corrected chi connectivity index (χ3v) is 6.04. The molecule has 0 heterocycles. The van der Waals surface area contributed by atoms with E-state index >= 15 is 0 Å². The van der Waals surface area contributed by atoms with E-state index in [9.17, 15) is 13.0 Å². The van der Waals surface area contributed by atoms with Crippen LogP contribution in [0.4, 0.5) is 0 Å². The van der Waals surface area contributed by atoms with E-state index in [1.54, 1.807) is 6.92 Å². The van der Waals surface area contributed by atoms with Gasteiger partial charge < -0.3 is 9.04 Å². The minimum Gasteiger partial charge on any atom is -0.748 e. The third kappa shape index (κ3) is 35.7. The molecule has 0 radical (unpaired) electrons. The Morgan fingerprint density at radius 1 is 0.552 bits per heavy atom. The van der Waals surface area contributed by atoms with Gasteiger partial charge in [-0.2, -0.15) is 0 Å². The Kier molecular flexibility index (Phi) is 22.6. The second kappa shape index (κ2) is 21.1. The van der Waals surface area contributed by atoms with Crippen molar-refractivity contribution in [2.24, 2.45) is 0 Å². The van der Waals surface area contributed by atoms with E-state index in [2.05, 4.69) is 28.1 Å². The third-order valence-electron chi connectivity index (χ3n) is 5.14. The summed E-state index contributed by atoms with van der Waals surface area (Å²) in [6, 6.07) is 0. The van der Waals surface area contributed by atoms with Crippen molar-refractivity contribution in [2.75, 3.05) is 33.4 Å². The first kappa shape index (κ1) is 31.1. The molecule has 0 amide bonds. The van der Waals surface area contributed by atoms with Crippen LogP contribution in [-0.4, -0.2) is 50.9 Å². The highest BCUT2D eigenvalue weighted by molar-refractivity contribution is 7.85. The van der Waals surface area contributed by atoms with E-state index in [4.69, 9.17) is 0 Å². The second-order valence-corrected chi connectivity index (χ2v) is 11.1. The van der Waals surface area contributed by atoms with Crippen molar-refractivity contribution in [3.8, 4) is 0 Å². The Balaban J connectivity index is 0. The fraction of sp³-hybridized carbons (Fsp3) is 1.00. The summed E-state index contributed by atoms with van der Waals surface area (Å²) < 4.78 is 30.2. The van der Waals surface area contributed by atoms with Gasteiger partial charge in [-0.15, -0.1) is 0 Å². The van der Waals surface area contributed by atoms with Crippen LogP contribution in [-0.2, 0) is 10.1 Å². The average Bonchev–Trinajstić information content (AvgIpc) is 2.60. The number of hydrogen-bond donors (Lipinski definition) is 0. The molecule has 4 nitrogen and oxygen atoms in total. The summed E-state index contributed by atoms with van der Waals surface area (Å²) in [7, 11) is 2.97. The van der Waals surface area contributed by atoms with E-state index < -0.39 is 10.1 Å². The first-order chi connectivity index (χ1) is 13.6. The van der Waals surface area contributed by atoms with Crippen LogP contribution in [0.2, 0.25) is 0 Å². The number of hydrogen-bond acceptors (Lipinski definition) is 3. The van der Waals surface area contributed by atoms with Gasteiger partial charge in [-0.05, 0) is 19.3 Å². The quantitative estimate of drug-likeness (QED) is 0.126. The number of quaternary nitrogens is 1. The summed E-state index contributed by atoms with van der Waals surface area (Å²) in [6.07, 6.45) is 23.8. The zero-order chi connectivity index (χ0) is 22.4. The molecular weight excluding hydrogens is 382 g/mol. The first-order valence-corrected chi connectivity index (χ1v) is 13.9. The van der Waals surface area contributed by atoms with Gasteiger partial charge >= 0.3 is 0 Å². The number of unbranched alkanes of at least 4 members (excludes halogenated alkanes) is 15. The minimum absolute atomic E-state index is 0.243. The van der Waals surface area contributed by atoms with Gasteiger partial charge in [-0.25, -0.2) is 8.42 Å². The summed E-state index contributed by atoms with van der Waals surface area (Å²) in [4.78, 5) is 0. The van der Waals surface area contributed by atoms with Crippen LogP contribution in [0.25, 0.3) is 0 Å². The zero-order valence-electron chi connectivity index (χ0n) is 20.5. The zero-order valence-corrected chi connectivity index (χ0v) is 21.3. The number of rotatable bonds is 19. The molecule has 0 spiro atoms. The maximum absolute atomic E-state index is 9.68. The van der Waals surface area contributed by atoms with Gasteiger partial charge in [0.1, 0.15) is 0 Å². The van der Waals surface area contributed by atoms with Crippen LogP contribution in [0.15, 0.2) is 0 Å². The Hall–Kier alpha value is -0.130. The fourth-order valence-corrected chi connectivity index (χ4v) is 3.88. The molecule has 0 bridgehead atoms. The molecule has 0 aliphatic carbocycles. The van der Waals surface area contributed by atoms with Crippen molar-refractivity contribution in [2.45, 2.75) is 123 Å². The molecule has 5 heteroatoms. The maximum Gasteiger partial charge on any atom is 0.0945 e. The van der Waals surface area contributed by atoms with Crippen LogP contribution in [0.5, 0.6) is 0 Å². The normalized spacial score (nSPS) is 11.9. The molecule has 29 heavy (non-hydrogen) atoms. The molecule has 0 rings (SSSR count). The molecule has 0 fully saturated rings. The molecule has 178 valence electrons. The van der Waals surface area contributed by atoms with Gasteiger partial charge in [-0.3, -0.25) is 0 Å². The fourth-order valence-electron chi connectivity index (χ4n) is 3.38.